The molecule has 0 unspecified atom stereocenters. The van der Waals surface area contributed by atoms with Crippen LogP contribution in [0.4, 0.5) is 5.69 Å². The zero-order valence-corrected chi connectivity index (χ0v) is 19.4. The van der Waals surface area contributed by atoms with Crippen LogP contribution in [0.1, 0.15) is 12.8 Å². The zero-order valence-electron chi connectivity index (χ0n) is 18.6. The van der Waals surface area contributed by atoms with Crippen molar-refractivity contribution < 1.29 is 4.79 Å². The van der Waals surface area contributed by atoms with Crippen LogP contribution in [-0.4, -0.2) is 31.1 Å². The van der Waals surface area contributed by atoms with Gasteiger partial charge in [-0.05, 0) is 54.1 Å². The average molecular weight is 477 g/mol. The molecule has 0 atom stereocenters. The number of H-pyrrole nitrogens is 2. The van der Waals surface area contributed by atoms with Gasteiger partial charge in [0.05, 0.1) is 34.8 Å². The SMILES string of the molecule is O=C(Nc1cncc(-c2ccc3[nH]nc(-c4cc5c(-c6cccs6)cncc5[nH]4)c3c2)c1)C1CC1. The smallest absolute Gasteiger partial charge is 0.227 e. The first-order valence-electron chi connectivity index (χ1n) is 11.5. The van der Waals surface area contributed by atoms with E-state index >= 15 is 0 Å². The van der Waals surface area contributed by atoms with Gasteiger partial charge in [0.25, 0.3) is 0 Å². The molecule has 0 bridgehead atoms. The summed E-state index contributed by atoms with van der Waals surface area (Å²) in [5, 5.41) is 15.0. The number of amides is 1. The molecule has 1 aliphatic carbocycles. The Morgan fingerprint density at radius 1 is 0.943 bits per heavy atom. The summed E-state index contributed by atoms with van der Waals surface area (Å²) in [4.78, 5) is 25.6. The summed E-state index contributed by atoms with van der Waals surface area (Å²) in [6.45, 7) is 0. The first-order chi connectivity index (χ1) is 17.2. The fraction of sp³-hybridized carbons (Fsp3) is 0.111. The second-order valence-corrected chi connectivity index (χ2v) is 9.81. The van der Waals surface area contributed by atoms with Crippen molar-refractivity contribution in [2.75, 3.05) is 5.32 Å². The lowest BCUT2D eigenvalue weighted by Gasteiger charge is -2.07. The van der Waals surface area contributed by atoms with E-state index in [2.05, 4.69) is 60.1 Å². The van der Waals surface area contributed by atoms with Gasteiger partial charge in [-0.2, -0.15) is 5.10 Å². The number of anilines is 1. The van der Waals surface area contributed by atoms with E-state index in [1.807, 2.05) is 36.8 Å². The predicted octanol–water partition coefficient (Wildman–Crippen LogP) is 6.25. The van der Waals surface area contributed by atoms with Crippen LogP contribution in [0.5, 0.6) is 0 Å². The van der Waals surface area contributed by atoms with Crippen LogP contribution in [0.15, 0.2) is 72.6 Å². The van der Waals surface area contributed by atoms with Gasteiger partial charge in [-0.25, -0.2) is 0 Å². The summed E-state index contributed by atoms with van der Waals surface area (Å²) >= 11 is 1.70. The number of nitrogens with one attached hydrogen (secondary N) is 3. The van der Waals surface area contributed by atoms with Gasteiger partial charge in [-0.1, -0.05) is 12.1 Å². The number of hydrogen-bond acceptors (Lipinski definition) is 5. The molecule has 1 aliphatic rings. The largest absolute Gasteiger partial charge is 0.352 e. The number of hydrogen-bond donors (Lipinski definition) is 3. The molecule has 1 fully saturated rings. The van der Waals surface area contributed by atoms with Gasteiger partial charge in [-0.15, -0.1) is 11.3 Å². The summed E-state index contributed by atoms with van der Waals surface area (Å²) in [5.41, 5.74) is 7.47. The van der Waals surface area contributed by atoms with Crippen molar-refractivity contribution in [3.8, 4) is 33.0 Å². The quantitative estimate of drug-likeness (QED) is 0.274. The standard InChI is InChI=1S/C27H20N6OS/c34-27(15-3-4-15)30-18-8-17(11-28-12-18)16-5-6-22-20(9-16)26(33-32-22)23-10-19-21(25-2-1-7-35-25)13-29-14-24(19)31-23/h1-2,5-15,31H,3-4H2,(H,30,34)(H,32,33). The molecule has 0 radical (unpaired) electrons. The van der Waals surface area contributed by atoms with E-state index in [0.717, 1.165) is 68.4 Å². The van der Waals surface area contributed by atoms with Crippen LogP contribution < -0.4 is 5.32 Å². The second kappa shape index (κ2) is 7.89. The van der Waals surface area contributed by atoms with E-state index in [1.165, 1.54) is 4.88 Å². The van der Waals surface area contributed by atoms with Crippen LogP contribution in [0.25, 0.3) is 54.8 Å². The Bertz CT molecular complexity index is 1710. The predicted molar refractivity (Wildman–Crippen MR) is 139 cm³/mol. The molecule has 170 valence electrons. The van der Waals surface area contributed by atoms with E-state index in [0.29, 0.717) is 0 Å². The fourth-order valence-corrected chi connectivity index (χ4v) is 5.21. The summed E-state index contributed by atoms with van der Waals surface area (Å²) in [6.07, 6.45) is 9.21. The molecule has 6 aromatic rings. The van der Waals surface area contributed by atoms with Gasteiger partial charge in [0.15, 0.2) is 0 Å². The van der Waals surface area contributed by atoms with Crippen molar-refractivity contribution in [3.63, 3.8) is 0 Å². The monoisotopic (exact) mass is 476 g/mol. The molecule has 5 aromatic heterocycles. The number of benzene rings is 1. The lowest BCUT2D eigenvalue weighted by Crippen LogP contribution is -2.13. The number of thiophene rings is 1. The number of aromatic amines is 2. The zero-order chi connectivity index (χ0) is 23.4. The van der Waals surface area contributed by atoms with Gasteiger partial charge < -0.3 is 10.3 Å². The van der Waals surface area contributed by atoms with Gasteiger partial charge in [0.2, 0.25) is 5.91 Å². The molecule has 5 heterocycles. The third-order valence-electron chi connectivity index (χ3n) is 6.44. The maximum atomic E-state index is 12.2. The number of rotatable bonds is 5. The fourth-order valence-electron chi connectivity index (χ4n) is 4.46. The summed E-state index contributed by atoms with van der Waals surface area (Å²) < 4.78 is 0. The highest BCUT2D eigenvalue weighted by atomic mass is 32.1. The molecule has 1 saturated carbocycles. The number of carbonyl (C=O) groups excluding carboxylic acids is 1. The molecule has 0 saturated heterocycles. The van der Waals surface area contributed by atoms with Crippen LogP contribution >= 0.6 is 11.3 Å². The number of pyridine rings is 2. The molecule has 8 heteroatoms. The van der Waals surface area contributed by atoms with Gasteiger partial charge >= 0.3 is 0 Å². The normalized spacial score (nSPS) is 13.5. The van der Waals surface area contributed by atoms with Crippen molar-refractivity contribution in [1.29, 1.82) is 0 Å². The first kappa shape index (κ1) is 20.1. The van der Waals surface area contributed by atoms with E-state index in [1.54, 1.807) is 17.5 Å². The molecular formula is C27H20N6OS. The van der Waals surface area contributed by atoms with E-state index in [4.69, 9.17) is 0 Å². The Morgan fingerprint density at radius 2 is 1.86 bits per heavy atom. The molecule has 1 amide bonds. The lowest BCUT2D eigenvalue weighted by molar-refractivity contribution is -0.117. The van der Waals surface area contributed by atoms with Crippen LogP contribution in [-0.2, 0) is 4.79 Å². The van der Waals surface area contributed by atoms with Crippen molar-refractivity contribution in [1.82, 2.24) is 25.1 Å². The number of carbonyl (C=O) groups is 1. The first-order valence-corrected chi connectivity index (χ1v) is 12.4. The van der Waals surface area contributed by atoms with Crippen molar-refractivity contribution in [2.24, 2.45) is 5.92 Å². The maximum Gasteiger partial charge on any atom is 0.227 e. The topological polar surface area (TPSA) is 99.3 Å². The van der Waals surface area contributed by atoms with Gasteiger partial charge in [0.1, 0.15) is 5.69 Å². The van der Waals surface area contributed by atoms with Crippen molar-refractivity contribution >= 4 is 44.7 Å². The molecule has 0 spiro atoms. The van der Waals surface area contributed by atoms with E-state index in [-0.39, 0.29) is 11.8 Å². The molecule has 7 nitrogen and oxygen atoms in total. The summed E-state index contributed by atoms with van der Waals surface area (Å²) in [7, 11) is 0. The Hall–Kier alpha value is -4.30. The Balaban J connectivity index is 1.29. The molecule has 7 rings (SSSR count). The summed E-state index contributed by atoms with van der Waals surface area (Å²) in [5.74, 6) is 0.224. The molecule has 3 N–H and O–H groups in total. The Kier molecular flexibility index (Phi) is 4.53. The average Bonchev–Trinajstić information content (AvgIpc) is 3.26. The number of aromatic nitrogens is 5. The number of fused-ring (bicyclic) bond motifs is 2. The Morgan fingerprint density at radius 3 is 2.71 bits per heavy atom. The minimum atomic E-state index is 0.0757. The highest BCUT2D eigenvalue weighted by Gasteiger charge is 2.29. The molecule has 0 aliphatic heterocycles. The molecule has 35 heavy (non-hydrogen) atoms. The molecular weight excluding hydrogens is 456 g/mol. The minimum Gasteiger partial charge on any atom is -0.352 e. The number of nitrogens with zero attached hydrogens (tertiary/aromatic N) is 3. The maximum absolute atomic E-state index is 12.2. The Labute approximate surface area is 204 Å². The summed E-state index contributed by atoms with van der Waals surface area (Å²) in [6, 6.07) is 14.5. The molecule has 1 aromatic carbocycles. The third-order valence-corrected chi connectivity index (χ3v) is 7.34. The van der Waals surface area contributed by atoms with Crippen LogP contribution in [0, 0.1) is 5.92 Å². The van der Waals surface area contributed by atoms with Crippen molar-refractivity contribution in [2.45, 2.75) is 12.8 Å². The van der Waals surface area contributed by atoms with Gasteiger partial charge in [0, 0.05) is 45.1 Å². The minimum absolute atomic E-state index is 0.0757. The highest BCUT2D eigenvalue weighted by Crippen LogP contribution is 2.36. The van der Waals surface area contributed by atoms with Crippen molar-refractivity contribution in [3.05, 3.63) is 72.6 Å². The van der Waals surface area contributed by atoms with E-state index in [9.17, 15) is 4.79 Å². The van der Waals surface area contributed by atoms with Gasteiger partial charge in [-0.3, -0.25) is 19.9 Å². The van der Waals surface area contributed by atoms with Crippen LogP contribution in [0.2, 0.25) is 0 Å². The van der Waals surface area contributed by atoms with Crippen LogP contribution in [0.3, 0.4) is 0 Å². The van der Waals surface area contributed by atoms with E-state index < -0.39 is 0 Å². The lowest BCUT2D eigenvalue weighted by atomic mass is 10.0. The second-order valence-electron chi connectivity index (χ2n) is 8.87. The third kappa shape index (κ3) is 3.59. The highest BCUT2D eigenvalue weighted by molar-refractivity contribution is 7.13.